The maximum atomic E-state index is 7.58. The summed E-state index contributed by atoms with van der Waals surface area (Å²) in [6.45, 7) is 11.8. The number of hydrogen-bond donors (Lipinski definition) is 2. The molecule has 0 saturated heterocycles. The number of aryl methyl sites for hydroxylation is 1. The summed E-state index contributed by atoms with van der Waals surface area (Å²) in [6.07, 6.45) is 17.6. The Kier molecular flexibility index (Phi) is 7.79. The van der Waals surface area contributed by atoms with Crippen LogP contribution in [0.25, 0.3) is 10.4 Å². The molecule has 4 heteroatoms. The second-order valence-corrected chi connectivity index (χ2v) is 16.4. The standard InChI is InChI=1S/C35H50N2S2/c1-24-11-13-26(14-12-24)29-16-18-32(38-29)39-37-25(2)8-7-10-27-15-17-30-34(27,4)22-20-31-33(3)21-6-5-9-28(33)19-23-35(30,31)36/h11-14,16,18,27-28,30-31,37H,2,5-10,15,17,19-23,36H2,1,3-4H3/t27?,28-,30?,31?,33-,34+,35+/m0/s1. The van der Waals surface area contributed by atoms with Crippen LogP contribution < -0.4 is 10.5 Å². The first-order chi connectivity index (χ1) is 18.7. The molecule has 39 heavy (non-hydrogen) atoms. The Morgan fingerprint density at radius 3 is 2.56 bits per heavy atom. The Morgan fingerprint density at radius 1 is 0.949 bits per heavy atom. The lowest BCUT2D eigenvalue weighted by molar-refractivity contribution is -0.126. The van der Waals surface area contributed by atoms with Gasteiger partial charge in [0.05, 0.1) is 4.21 Å². The van der Waals surface area contributed by atoms with Crippen LogP contribution in [0.15, 0.2) is 52.9 Å². The van der Waals surface area contributed by atoms with Crippen LogP contribution in [0.4, 0.5) is 0 Å². The third-order valence-electron chi connectivity index (χ3n) is 12.2. The highest BCUT2D eigenvalue weighted by Gasteiger charge is 2.64. The van der Waals surface area contributed by atoms with Crippen LogP contribution >= 0.6 is 23.3 Å². The Hall–Kier alpha value is -1.23. The van der Waals surface area contributed by atoms with Gasteiger partial charge in [0.15, 0.2) is 0 Å². The van der Waals surface area contributed by atoms with Crippen LogP contribution in [0, 0.1) is 41.4 Å². The van der Waals surface area contributed by atoms with Gasteiger partial charge in [0, 0.05) is 16.1 Å². The van der Waals surface area contributed by atoms with Gasteiger partial charge in [-0.3, -0.25) is 0 Å². The molecule has 0 spiro atoms. The number of rotatable bonds is 8. The molecule has 4 aliphatic carbocycles. The lowest BCUT2D eigenvalue weighted by Gasteiger charge is -2.65. The lowest BCUT2D eigenvalue weighted by atomic mass is 9.42. The van der Waals surface area contributed by atoms with E-state index in [1.807, 2.05) is 11.3 Å². The van der Waals surface area contributed by atoms with Crippen molar-refractivity contribution in [3.05, 3.63) is 54.2 Å². The van der Waals surface area contributed by atoms with E-state index in [1.54, 1.807) is 11.9 Å². The summed E-state index contributed by atoms with van der Waals surface area (Å²) < 4.78 is 4.85. The minimum Gasteiger partial charge on any atom is -0.329 e. The van der Waals surface area contributed by atoms with Gasteiger partial charge < -0.3 is 10.5 Å². The lowest BCUT2D eigenvalue weighted by Crippen LogP contribution is -2.67. The predicted octanol–water partition coefficient (Wildman–Crippen LogP) is 10.1. The number of fused-ring (bicyclic) bond motifs is 5. The fourth-order valence-corrected chi connectivity index (χ4v) is 11.9. The average Bonchev–Trinajstić information content (AvgIpc) is 3.53. The van der Waals surface area contributed by atoms with Gasteiger partial charge in [-0.15, -0.1) is 11.3 Å². The molecule has 1 aromatic carbocycles. The van der Waals surface area contributed by atoms with Crippen LogP contribution in [0.3, 0.4) is 0 Å². The van der Waals surface area contributed by atoms with Gasteiger partial charge >= 0.3 is 0 Å². The van der Waals surface area contributed by atoms with E-state index in [2.05, 4.69) is 68.5 Å². The van der Waals surface area contributed by atoms with Crippen LogP contribution in [-0.2, 0) is 0 Å². The summed E-state index contributed by atoms with van der Waals surface area (Å²) in [5, 5.41) is 0. The molecule has 0 radical (unpaired) electrons. The molecule has 4 fully saturated rings. The molecule has 7 atom stereocenters. The van der Waals surface area contributed by atoms with Crippen molar-refractivity contribution in [3.63, 3.8) is 0 Å². The molecule has 3 unspecified atom stereocenters. The van der Waals surface area contributed by atoms with Gasteiger partial charge in [-0.05, 0) is 142 Å². The van der Waals surface area contributed by atoms with E-state index in [9.17, 15) is 0 Å². The molecule has 1 aromatic heterocycles. The van der Waals surface area contributed by atoms with Gasteiger partial charge in [0.2, 0.25) is 0 Å². The first-order valence-electron chi connectivity index (χ1n) is 15.8. The third kappa shape index (κ3) is 5.06. The molecular formula is C35H50N2S2. The zero-order valence-electron chi connectivity index (χ0n) is 24.6. The monoisotopic (exact) mass is 562 g/mol. The third-order valence-corrected chi connectivity index (χ3v) is 14.4. The number of hydrogen-bond acceptors (Lipinski definition) is 4. The van der Waals surface area contributed by atoms with Crippen LogP contribution in [0.1, 0.15) is 103 Å². The molecule has 0 bridgehead atoms. The molecule has 3 N–H and O–H groups in total. The summed E-state index contributed by atoms with van der Waals surface area (Å²) in [5.41, 5.74) is 12.4. The Labute approximate surface area is 246 Å². The topological polar surface area (TPSA) is 38.0 Å². The smallest absolute Gasteiger partial charge is 0.0814 e. The fourth-order valence-electron chi connectivity index (χ4n) is 10.1. The highest BCUT2D eigenvalue weighted by Crippen LogP contribution is 2.68. The van der Waals surface area contributed by atoms with Crippen molar-refractivity contribution in [1.29, 1.82) is 0 Å². The Bertz CT molecular complexity index is 1170. The molecule has 4 saturated carbocycles. The summed E-state index contributed by atoms with van der Waals surface area (Å²) >= 11 is 3.57. The van der Waals surface area contributed by atoms with E-state index in [1.165, 1.54) is 97.3 Å². The van der Waals surface area contributed by atoms with Crippen molar-refractivity contribution in [1.82, 2.24) is 4.72 Å². The zero-order chi connectivity index (χ0) is 27.3. The Morgan fingerprint density at radius 2 is 1.74 bits per heavy atom. The van der Waals surface area contributed by atoms with Crippen LogP contribution in [-0.4, -0.2) is 5.54 Å². The average molecular weight is 563 g/mol. The van der Waals surface area contributed by atoms with Crippen molar-refractivity contribution in [3.8, 4) is 10.4 Å². The van der Waals surface area contributed by atoms with Crippen LogP contribution in [0.2, 0.25) is 0 Å². The molecule has 1 heterocycles. The number of benzene rings is 1. The van der Waals surface area contributed by atoms with Gasteiger partial charge in [-0.2, -0.15) is 0 Å². The SMILES string of the molecule is C=C(CCCC1CCC2[C@]1(C)CCC1[C@@]2(N)CC[C@@H]2CCCC[C@]12C)NSc1ccc(-c2ccc(C)cc2)s1. The number of nitrogens with two attached hydrogens (primary N) is 1. The van der Waals surface area contributed by atoms with Gasteiger partial charge in [-0.25, -0.2) is 0 Å². The fraction of sp³-hybridized carbons (Fsp3) is 0.657. The maximum absolute atomic E-state index is 7.58. The van der Waals surface area contributed by atoms with Gasteiger partial charge in [0.1, 0.15) is 0 Å². The van der Waals surface area contributed by atoms with E-state index in [0.717, 1.165) is 35.8 Å². The van der Waals surface area contributed by atoms with Crippen molar-refractivity contribution in [2.75, 3.05) is 0 Å². The van der Waals surface area contributed by atoms with Gasteiger partial charge in [-0.1, -0.05) is 63.1 Å². The molecule has 212 valence electrons. The van der Waals surface area contributed by atoms with Crippen molar-refractivity contribution in [2.24, 2.45) is 40.2 Å². The van der Waals surface area contributed by atoms with Crippen LogP contribution in [0.5, 0.6) is 0 Å². The van der Waals surface area contributed by atoms with Crippen molar-refractivity contribution < 1.29 is 0 Å². The molecule has 0 aliphatic heterocycles. The zero-order valence-corrected chi connectivity index (χ0v) is 26.2. The largest absolute Gasteiger partial charge is 0.329 e. The predicted molar refractivity (Wildman–Crippen MR) is 170 cm³/mol. The minimum atomic E-state index is 0.0876. The number of thiophene rings is 1. The van der Waals surface area contributed by atoms with E-state index < -0.39 is 0 Å². The highest BCUT2D eigenvalue weighted by atomic mass is 32.2. The summed E-state index contributed by atoms with van der Waals surface area (Å²) in [6, 6.07) is 13.3. The molecule has 4 aliphatic rings. The first kappa shape index (κ1) is 27.9. The van der Waals surface area contributed by atoms with Gasteiger partial charge in [0.25, 0.3) is 0 Å². The number of allylic oxidation sites excluding steroid dienone is 1. The summed E-state index contributed by atoms with van der Waals surface area (Å²) in [4.78, 5) is 1.33. The maximum Gasteiger partial charge on any atom is 0.0814 e. The highest BCUT2D eigenvalue weighted by molar-refractivity contribution is 7.99. The van der Waals surface area contributed by atoms with Crippen molar-refractivity contribution >= 4 is 23.3 Å². The van der Waals surface area contributed by atoms with E-state index in [4.69, 9.17) is 5.73 Å². The quantitative estimate of drug-likeness (QED) is 0.314. The molecule has 0 amide bonds. The second-order valence-electron chi connectivity index (χ2n) is 14.2. The summed E-state index contributed by atoms with van der Waals surface area (Å²) in [5.74, 6) is 3.25. The van der Waals surface area contributed by atoms with E-state index in [-0.39, 0.29) is 5.54 Å². The first-order valence-corrected chi connectivity index (χ1v) is 17.4. The molecule has 2 aromatic rings. The summed E-state index contributed by atoms with van der Waals surface area (Å²) in [7, 11) is 0. The normalized spacial score (nSPS) is 37.5. The molecule has 2 nitrogen and oxygen atoms in total. The van der Waals surface area contributed by atoms with E-state index in [0.29, 0.717) is 10.8 Å². The van der Waals surface area contributed by atoms with Crippen molar-refractivity contribution in [2.45, 2.75) is 114 Å². The second kappa shape index (κ2) is 10.9. The molecule has 6 rings (SSSR count). The molecular weight excluding hydrogens is 513 g/mol. The van der Waals surface area contributed by atoms with E-state index >= 15 is 0 Å². The number of nitrogens with one attached hydrogen (secondary N) is 1. The minimum absolute atomic E-state index is 0.0876. The Balaban J connectivity index is 1.01.